The first-order valence-electron chi connectivity index (χ1n) is 4.78. The Kier molecular flexibility index (Phi) is 3.20. The van der Waals surface area contributed by atoms with E-state index in [-0.39, 0.29) is 16.1 Å². The lowest BCUT2D eigenvalue weighted by Gasteiger charge is -2.03. The summed E-state index contributed by atoms with van der Waals surface area (Å²) in [5, 5.41) is 2.75. The SMILES string of the molecule is O=C(Nc1cccc(Cl)n1)c1c[nH]ccc1=O. The van der Waals surface area contributed by atoms with Crippen molar-refractivity contribution in [1.82, 2.24) is 9.97 Å². The zero-order valence-corrected chi connectivity index (χ0v) is 9.36. The fourth-order valence-electron chi connectivity index (χ4n) is 1.26. The van der Waals surface area contributed by atoms with Crippen LogP contribution in [0.25, 0.3) is 0 Å². The number of hydrogen-bond acceptors (Lipinski definition) is 3. The summed E-state index contributed by atoms with van der Waals surface area (Å²) < 4.78 is 0. The third-order valence-electron chi connectivity index (χ3n) is 2.03. The van der Waals surface area contributed by atoms with Crippen molar-refractivity contribution in [1.29, 1.82) is 0 Å². The van der Waals surface area contributed by atoms with E-state index in [1.807, 2.05) is 0 Å². The molecule has 2 aromatic rings. The first-order valence-corrected chi connectivity index (χ1v) is 5.15. The largest absolute Gasteiger partial charge is 0.367 e. The average molecular weight is 250 g/mol. The number of H-pyrrole nitrogens is 1. The number of amides is 1. The van der Waals surface area contributed by atoms with Gasteiger partial charge in [0, 0.05) is 18.5 Å². The Bertz CT molecular complexity index is 609. The van der Waals surface area contributed by atoms with Crippen molar-refractivity contribution in [2.75, 3.05) is 5.32 Å². The Balaban J connectivity index is 2.23. The van der Waals surface area contributed by atoms with Gasteiger partial charge in [0.25, 0.3) is 5.91 Å². The van der Waals surface area contributed by atoms with Gasteiger partial charge >= 0.3 is 0 Å². The lowest BCUT2D eigenvalue weighted by molar-refractivity contribution is 0.102. The number of halogens is 1. The van der Waals surface area contributed by atoms with E-state index in [0.29, 0.717) is 5.82 Å². The minimum Gasteiger partial charge on any atom is -0.367 e. The molecule has 2 aromatic heterocycles. The number of rotatable bonds is 2. The van der Waals surface area contributed by atoms with Crippen LogP contribution in [0.5, 0.6) is 0 Å². The van der Waals surface area contributed by atoms with E-state index >= 15 is 0 Å². The van der Waals surface area contributed by atoms with Crippen LogP contribution in [0.15, 0.2) is 41.5 Å². The Morgan fingerprint density at radius 1 is 1.35 bits per heavy atom. The molecule has 5 nitrogen and oxygen atoms in total. The number of carbonyl (C=O) groups is 1. The summed E-state index contributed by atoms with van der Waals surface area (Å²) in [6.45, 7) is 0. The molecule has 0 aliphatic carbocycles. The van der Waals surface area contributed by atoms with Gasteiger partial charge in [-0.25, -0.2) is 4.98 Å². The van der Waals surface area contributed by atoms with Gasteiger partial charge in [0.05, 0.1) is 0 Å². The second-order valence-electron chi connectivity index (χ2n) is 3.22. The Morgan fingerprint density at radius 2 is 2.18 bits per heavy atom. The van der Waals surface area contributed by atoms with E-state index in [2.05, 4.69) is 15.3 Å². The minimum absolute atomic E-state index is 0.0225. The van der Waals surface area contributed by atoms with Gasteiger partial charge in [-0.1, -0.05) is 17.7 Å². The lowest BCUT2D eigenvalue weighted by Crippen LogP contribution is -2.21. The molecular formula is C11H8ClN3O2. The topological polar surface area (TPSA) is 74.8 Å². The van der Waals surface area contributed by atoms with Crippen molar-refractivity contribution < 1.29 is 4.79 Å². The molecule has 0 bridgehead atoms. The fraction of sp³-hybridized carbons (Fsp3) is 0. The van der Waals surface area contributed by atoms with E-state index in [0.717, 1.165) is 0 Å². The first kappa shape index (κ1) is 11.3. The summed E-state index contributed by atoms with van der Waals surface area (Å²) >= 11 is 5.68. The van der Waals surface area contributed by atoms with Crippen molar-refractivity contribution in [2.24, 2.45) is 0 Å². The Hall–Kier alpha value is -2.14. The molecule has 0 spiro atoms. The number of pyridine rings is 2. The second kappa shape index (κ2) is 4.80. The zero-order chi connectivity index (χ0) is 12.3. The summed E-state index contributed by atoms with van der Waals surface area (Å²) in [7, 11) is 0. The van der Waals surface area contributed by atoms with E-state index in [1.54, 1.807) is 18.2 Å². The van der Waals surface area contributed by atoms with Gasteiger partial charge in [0.15, 0.2) is 5.43 Å². The molecule has 17 heavy (non-hydrogen) atoms. The normalized spacial score (nSPS) is 9.94. The average Bonchev–Trinajstić information content (AvgIpc) is 2.29. The maximum atomic E-state index is 11.7. The molecular weight excluding hydrogens is 242 g/mol. The van der Waals surface area contributed by atoms with E-state index in [1.165, 1.54) is 18.5 Å². The molecule has 0 radical (unpaired) electrons. The predicted octanol–water partition coefficient (Wildman–Crippen LogP) is 1.68. The van der Waals surface area contributed by atoms with Gasteiger partial charge in [-0.3, -0.25) is 9.59 Å². The van der Waals surface area contributed by atoms with Gasteiger partial charge in [0.2, 0.25) is 0 Å². The van der Waals surface area contributed by atoms with Crippen molar-refractivity contribution in [2.45, 2.75) is 0 Å². The molecule has 0 aliphatic rings. The van der Waals surface area contributed by atoms with E-state index in [4.69, 9.17) is 11.6 Å². The molecule has 0 aliphatic heterocycles. The molecule has 2 heterocycles. The van der Waals surface area contributed by atoms with Gasteiger partial charge in [-0.05, 0) is 12.1 Å². The van der Waals surface area contributed by atoms with Crippen LogP contribution < -0.4 is 10.7 Å². The number of aromatic amines is 1. The fourth-order valence-corrected chi connectivity index (χ4v) is 1.42. The molecule has 86 valence electrons. The predicted molar refractivity (Wildman–Crippen MR) is 64.3 cm³/mol. The number of nitrogens with zero attached hydrogens (tertiary/aromatic N) is 1. The molecule has 2 rings (SSSR count). The summed E-state index contributed by atoms with van der Waals surface area (Å²) in [5.74, 6) is -0.229. The molecule has 0 fully saturated rings. The summed E-state index contributed by atoms with van der Waals surface area (Å²) in [5.41, 5.74) is -0.336. The van der Waals surface area contributed by atoms with Crippen molar-refractivity contribution >= 4 is 23.3 Å². The van der Waals surface area contributed by atoms with Crippen LogP contribution in [0, 0.1) is 0 Å². The Morgan fingerprint density at radius 3 is 2.88 bits per heavy atom. The number of anilines is 1. The molecule has 0 atom stereocenters. The van der Waals surface area contributed by atoms with Crippen LogP contribution in [-0.4, -0.2) is 15.9 Å². The highest BCUT2D eigenvalue weighted by molar-refractivity contribution is 6.29. The zero-order valence-electron chi connectivity index (χ0n) is 8.61. The highest BCUT2D eigenvalue weighted by atomic mass is 35.5. The molecule has 0 saturated carbocycles. The number of aromatic nitrogens is 2. The van der Waals surface area contributed by atoms with Gasteiger partial charge in [-0.2, -0.15) is 0 Å². The number of nitrogens with one attached hydrogen (secondary N) is 2. The van der Waals surface area contributed by atoms with Crippen LogP contribution >= 0.6 is 11.6 Å². The third kappa shape index (κ3) is 2.70. The van der Waals surface area contributed by atoms with Crippen LogP contribution in [0.4, 0.5) is 5.82 Å². The van der Waals surface area contributed by atoms with Gasteiger partial charge in [-0.15, -0.1) is 0 Å². The second-order valence-corrected chi connectivity index (χ2v) is 3.61. The maximum Gasteiger partial charge on any atom is 0.262 e. The van der Waals surface area contributed by atoms with Crippen LogP contribution in [0.2, 0.25) is 5.15 Å². The molecule has 0 saturated heterocycles. The maximum absolute atomic E-state index is 11.7. The monoisotopic (exact) mass is 249 g/mol. The molecule has 2 N–H and O–H groups in total. The van der Waals surface area contributed by atoms with Crippen LogP contribution in [0.1, 0.15) is 10.4 Å². The van der Waals surface area contributed by atoms with Crippen LogP contribution in [0.3, 0.4) is 0 Å². The highest BCUT2D eigenvalue weighted by Crippen LogP contribution is 2.09. The summed E-state index contributed by atoms with van der Waals surface area (Å²) in [6, 6.07) is 6.11. The molecule has 1 amide bonds. The molecule has 0 unspecified atom stereocenters. The minimum atomic E-state index is -0.526. The van der Waals surface area contributed by atoms with Crippen molar-refractivity contribution in [3.05, 3.63) is 57.6 Å². The Labute approximate surface area is 101 Å². The van der Waals surface area contributed by atoms with Crippen molar-refractivity contribution in [3.8, 4) is 0 Å². The van der Waals surface area contributed by atoms with Gasteiger partial charge in [0.1, 0.15) is 16.5 Å². The smallest absolute Gasteiger partial charge is 0.262 e. The van der Waals surface area contributed by atoms with E-state index < -0.39 is 5.91 Å². The van der Waals surface area contributed by atoms with Crippen LogP contribution in [-0.2, 0) is 0 Å². The third-order valence-corrected chi connectivity index (χ3v) is 2.24. The molecule has 6 heteroatoms. The standard InChI is InChI=1S/C11H8ClN3O2/c12-9-2-1-3-10(14-9)15-11(17)7-6-13-5-4-8(7)16/h1-6H,(H,13,16)(H,14,15,17). The van der Waals surface area contributed by atoms with Crippen molar-refractivity contribution in [3.63, 3.8) is 0 Å². The van der Waals surface area contributed by atoms with Gasteiger partial charge < -0.3 is 10.3 Å². The quantitative estimate of drug-likeness (QED) is 0.795. The highest BCUT2D eigenvalue weighted by Gasteiger charge is 2.10. The summed E-state index contributed by atoms with van der Waals surface area (Å²) in [4.78, 5) is 29.7. The summed E-state index contributed by atoms with van der Waals surface area (Å²) in [6.07, 6.45) is 2.79. The number of carbonyl (C=O) groups excluding carboxylic acids is 1. The first-order chi connectivity index (χ1) is 8.16. The number of hydrogen-bond donors (Lipinski definition) is 2. The lowest BCUT2D eigenvalue weighted by atomic mass is 10.2. The molecule has 0 aromatic carbocycles. The van der Waals surface area contributed by atoms with E-state index in [9.17, 15) is 9.59 Å².